The first-order valence-electron chi connectivity index (χ1n) is 6.32. The van der Waals surface area contributed by atoms with Crippen LogP contribution in [0.5, 0.6) is 0 Å². The summed E-state index contributed by atoms with van der Waals surface area (Å²) in [7, 11) is 0. The van der Waals surface area contributed by atoms with Crippen molar-refractivity contribution < 1.29 is 4.79 Å². The van der Waals surface area contributed by atoms with E-state index >= 15 is 0 Å². The molecule has 2 atom stereocenters. The monoisotopic (exact) mass is 266 g/mol. The molecule has 1 aliphatic rings. The minimum atomic E-state index is 0.108. The number of nitrogens with two attached hydrogens (primary N) is 1. The summed E-state index contributed by atoms with van der Waals surface area (Å²) in [4.78, 5) is 14.1. The largest absolute Gasteiger partial charge is 0.341 e. The molecule has 0 spiro atoms. The Morgan fingerprint density at radius 3 is 2.94 bits per heavy atom. The lowest BCUT2D eigenvalue weighted by molar-refractivity contribution is -0.132. The van der Waals surface area contributed by atoms with Crippen LogP contribution in [-0.4, -0.2) is 29.9 Å². The zero-order chi connectivity index (χ0) is 13.1. The topological polar surface area (TPSA) is 46.3 Å². The highest BCUT2D eigenvalue weighted by atomic mass is 35.5. The van der Waals surface area contributed by atoms with E-state index in [4.69, 9.17) is 17.3 Å². The van der Waals surface area contributed by atoms with Gasteiger partial charge >= 0.3 is 0 Å². The van der Waals surface area contributed by atoms with Gasteiger partial charge in [0.25, 0.3) is 0 Å². The van der Waals surface area contributed by atoms with Crippen LogP contribution in [-0.2, 0) is 11.2 Å². The third-order valence-electron chi connectivity index (χ3n) is 3.29. The molecular weight excluding hydrogens is 248 g/mol. The highest BCUT2D eigenvalue weighted by molar-refractivity contribution is 6.30. The molecule has 0 saturated carbocycles. The van der Waals surface area contributed by atoms with Crippen LogP contribution in [0.15, 0.2) is 24.3 Å². The van der Waals surface area contributed by atoms with Gasteiger partial charge in [-0.2, -0.15) is 0 Å². The number of likely N-dealkylation sites (tertiary alicyclic amines) is 1. The molecule has 1 aliphatic heterocycles. The molecular formula is C14H19ClN2O. The molecule has 0 radical (unpaired) electrons. The highest BCUT2D eigenvalue weighted by Gasteiger charge is 2.25. The molecule has 2 N–H and O–H groups in total. The first kappa shape index (κ1) is 13.4. The summed E-state index contributed by atoms with van der Waals surface area (Å²) in [6, 6.07) is 7.56. The Morgan fingerprint density at radius 2 is 2.28 bits per heavy atom. The lowest BCUT2D eigenvalue weighted by Crippen LogP contribution is -2.49. The molecule has 0 bridgehead atoms. The third kappa shape index (κ3) is 3.47. The molecule has 1 saturated heterocycles. The van der Waals surface area contributed by atoms with E-state index in [1.54, 1.807) is 0 Å². The summed E-state index contributed by atoms with van der Waals surface area (Å²) in [6.45, 7) is 3.62. The predicted molar refractivity (Wildman–Crippen MR) is 73.5 cm³/mol. The number of halogens is 1. The maximum atomic E-state index is 12.2. The average molecular weight is 267 g/mol. The van der Waals surface area contributed by atoms with E-state index in [-0.39, 0.29) is 11.9 Å². The van der Waals surface area contributed by atoms with Crippen LogP contribution >= 0.6 is 11.6 Å². The van der Waals surface area contributed by atoms with Crippen molar-refractivity contribution in [2.24, 2.45) is 11.7 Å². The molecule has 1 aromatic carbocycles. The van der Waals surface area contributed by atoms with Gasteiger partial charge in [0.05, 0.1) is 6.42 Å². The number of rotatable bonds is 2. The van der Waals surface area contributed by atoms with Crippen molar-refractivity contribution in [3.8, 4) is 0 Å². The number of nitrogens with zero attached hydrogens (tertiary/aromatic N) is 1. The molecule has 0 aromatic heterocycles. The van der Waals surface area contributed by atoms with Gasteiger partial charge in [-0.1, -0.05) is 30.7 Å². The molecule has 4 heteroatoms. The van der Waals surface area contributed by atoms with Gasteiger partial charge in [-0.3, -0.25) is 4.79 Å². The first-order chi connectivity index (χ1) is 8.54. The summed E-state index contributed by atoms with van der Waals surface area (Å²) >= 11 is 5.92. The summed E-state index contributed by atoms with van der Waals surface area (Å²) in [5.74, 6) is 0.622. The Kier molecular flexibility index (Phi) is 4.25. The van der Waals surface area contributed by atoms with Crippen molar-refractivity contribution in [2.75, 3.05) is 13.1 Å². The quantitative estimate of drug-likeness (QED) is 0.891. The van der Waals surface area contributed by atoms with Crippen molar-refractivity contribution in [1.29, 1.82) is 0 Å². The van der Waals surface area contributed by atoms with Gasteiger partial charge in [-0.05, 0) is 30.0 Å². The fourth-order valence-corrected chi connectivity index (χ4v) is 2.75. The van der Waals surface area contributed by atoms with Crippen LogP contribution in [0.25, 0.3) is 0 Å². The fraction of sp³-hybridized carbons (Fsp3) is 0.500. The standard InChI is InChI=1S/C14H19ClN2O/c1-10-5-13(16)9-17(8-10)14(18)7-11-3-2-4-12(15)6-11/h2-4,6,10,13H,5,7-9,16H2,1H3. The van der Waals surface area contributed by atoms with Crippen LogP contribution in [0.3, 0.4) is 0 Å². The summed E-state index contributed by atoms with van der Waals surface area (Å²) in [6.07, 6.45) is 1.40. The van der Waals surface area contributed by atoms with Crippen LogP contribution in [0.1, 0.15) is 18.9 Å². The number of carbonyl (C=O) groups is 1. The average Bonchev–Trinajstić information content (AvgIpc) is 2.27. The van der Waals surface area contributed by atoms with Gasteiger partial charge in [0.15, 0.2) is 0 Å². The smallest absolute Gasteiger partial charge is 0.227 e. The van der Waals surface area contributed by atoms with E-state index in [1.165, 1.54) is 0 Å². The van der Waals surface area contributed by atoms with Gasteiger partial charge < -0.3 is 10.6 Å². The van der Waals surface area contributed by atoms with Crippen molar-refractivity contribution in [2.45, 2.75) is 25.8 Å². The number of hydrogen-bond acceptors (Lipinski definition) is 2. The van der Waals surface area contributed by atoms with Crippen LogP contribution in [0.2, 0.25) is 5.02 Å². The lowest BCUT2D eigenvalue weighted by Gasteiger charge is -2.34. The summed E-state index contributed by atoms with van der Waals surface area (Å²) in [5, 5.41) is 0.670. The Balaban J connectivity index is 1.99. The van der Waals surface area contributed by atoms with E-state index in [1.807, 2.05) is 29.2 Å². The molecule has 1 amide bonds. The fourth-order valence-electron chi connectivity index (χ4n) is 2.54. The third-order valence-corrected chi connectivity index (χ3v) is 3.52. The number of amides is 1. The number of carbonyl (C=O) groups excluding carboxylic acids is 1. The SMILES string of the molecule is CC1CC(N)CN(C(=O)Cc2cccc(Cl)c2)C1. The van der Waals surface area contributed by atoms with Crippen molar-refractivity contribution in [3.63, 3.8) is 0 Å². The Labute approximate surface area is 113 Å². The molecule has 1 heterocycles. The maximum absolute atomic E-state index is 12.2. The normalized spacial score (nSPS) is 24.1. The van der Waals surface area contributed by atoms with Crippen LogP contribution < -0.4 is 5.73 Å². The Hall–Kier alpha value is -1.06. The molecule has 3 nitrogen and oxygen atoms in total. The van der Waals surface area contributed by atoms with Crippen LogP contribution in [0, 0.1) is 5.92 Å². The number of hydrogen-bond donors (Lipinski definition) is 1. The summed E-state index contributed by atoms with van der Waals surface area (Å²) in [5.41, 5.74) is 6.91. The molecule has 2 rings (SSSR count). The molecule has 98 valence electrons. The Morgan fingerprint density at radius 1 is 1.50 bits per heavy atom. The minimum Gasteiger partial charge on any atom is -0.341 e. The predicted octanol–water partition coefficient (Wildman–Crippen LogP) is 2.08. The van der Waals surface area contributed by atoms with Gasteiger partial charge in [-0.15, -0.1) is 0 Å². The second-order valence-electron chi connectivity index (χ2n) is 5.21. The molecule has 1 aromatic rings. The van der Waals surface area contributed by atoms with E-state index in [9.17, 15) is 4.79 Å². The summed E-state index contributed by atoms with van der Waals surface area (Å²) < 4.78 is 0. The van der Waals surface area contributed by atoms with Crippen molar-refractivity contribution in [3.05, 3.63) is 34.9 Å². The Bertz CT molecular complexity index is 426. The molecule has 2 unspecified atom stereocenters. The first-order valence-corrected chi connectivity index (χ1v) is 6.70. The van der Waals surface area contributed by atoms with Crippen molar-refractivity contribution >= 4 is 17.5 Å². The van der Waals surface area contributed by atoms with Gasteiger partial charge in [0, 0.05) is 24.2 Å². The van der Waals surface area contributed by atoms with E-state index in [0.29, 0.717) is 23.9 Å². The van der Waals surface area contributed by atoms with E-state index in [0.717, 1.165) is 18.5 Å². The van der Waals surface area contributed by atoms with Crippen molar-refractivity contribution in [1.82, 2.24) is 4.90 Å². The molecule has 0 aliphatic carbocycles. The van der Waals surface area contributed by atoms with Gasteiger partial charge in [0.2, 0.25) is 5.91 Å². The highest BCUT2D eigenvalue weighted by Crippen LogP contribution is 2.17. The van der Waals surface area contributed by atoms with E-state index in [2.05, 4.69) is 6.92 Å². The van der Waals surface area contributed by atoms with Gasteiger partial charge in [0.1, 0.15) is 0 Å². The number of benzene rings is 1. The zero-order valence-electron chi connectivity index (χ0n) is 10.6. The minimum absolute atomic E-state index is 0.108. The van der Waals surface area contributed by atoms with E-state index < -0.39 is 0 Å². The van der Waals surface area contributed by atoms with Crippen LogP contribution in [0.4, 0.5) is 0 Å². The lowest BCUT2D eigenvalue weighted by atomic mass is 9.96. The van der Waals surface area contributed by atoms with Gasteiger partial charge in [-0.25, -0.2) is 0 Å². The second-order valence-corrected chi connectivity index (χ2v) is 5.64. The maximum Gasteiger partial charge on any atom is 0.227 e. The molecule has 18 heavy (non-hydrogen) atoms. The molecule has 1 fully saturated rings. The number of piperidine rings is 1. The second kappa shape index (κ2) is 5.72. The zero-order valence-corrected chi connectivity index (χ0v) is 11.4.